The van der Waals surface area contributed by atoms with Crippen molar-refractivity contribution in [2.24, 2.45) is 29.2 Å². The van der Waals surface area contributed by atoms with Crippen LogP contribution in [0.25, 0.3) is 0 Å². The number of amides is 8. The van der Waals surface area contributed by atoms with Crippen LogP contribution in [0.2, 0.25) is 0 Å². The zero-order valence-corrected chi connectivity index (χ0v) is 42.6. The molecule has 0 aromatic carbocycles. The fourth-order valence-electron chi connectivity index (χ4n) is 7.63. The molecule has 1 aliphatic heterocycles. The van der Waals surface area contributed by atoms with Gasteiger partial charge in [-0.15, -0.1) is 0 Å². The summed E-state index contributed by atoms with van der Waals surface area (Å²) in [6.45, 7) is 12.2. The van der Waals surface area contributed by atoms with Gasteiger partial charge in [0.05, 0.1) is 18.6 Å². The SMILES string of the molecule is CC(C)CC(NC(=O)C(CCC(=O)O)NC(=O)C(NC(=O)C(CS)NC(=O)C(CC(C)C)NC(=O)C(CC(=O)O)NC(=O)C1CCCN1C(=O)C(CC(C)C)NC(=O)C(N)CCCCN)C(C)O)C(=O)O. The molecule has 15 N–H and O–H groups in total. The van der Waals surface area contributed by atoms with Gasteiger partial charge >= 0.3 is 17.9 Å². The number of thiol groups is 1. The lowest BCUT2D eigenvalue weighted by atomic mass is 10.0. The highest BCUT2D eigenvalue weighted by Crippen LogP contribution is 2.21. The Morgan fingerprint density at radius 2 is 1.08 bits per heavy atom. The van der Waals surface area contributed by atoms with Gasteiger partial charge in [0, 0.05) is 18.7 Å². The van der Waals surface area contributed by atoms with Crippen molar-refractivity contribution in [3.05, 3.63) is 0 Å². The maximum Gasteiger partial charge on any atom is 0.326 e. The Morgan fingerprint density at radius 1 is 0.592 bits per heavy atom. The predicted molar refractivity (Wildman–Crippen MR) is 260 cm³/mol. The van der Waals surface area contributed by atoms with Crippen LogP contribution in [0, 0.1) is 17.8 Å². The average molecular weight is 1030 g/mol. The molecule has 0 saturated carbocycles. The van der Waals surface area contributed by atoms with Gasteiger partial charge in [-0.3, -0.25) is 47.9 Å². The summed E-state index contributed by atoms with van der Waals surface area (Å²) in [4.78, 5) is 145. The highest BCUT2D eigenvalue weighted by Gasteiger charge is 2.41. The summed E-state index contributed by atoms with van der Waals surface area (Å²) >= 11 is 4.15. The molecule has 0 aromatic heterocycles. The molecule has 0 aliphatic carbocycles. The fourth-order valence-corrected chi connectivity index (χ4v) is 7.89. The van der Waals surface area contributed by atoms with Gasteiger partial charge in [0.15, 0.2) is 0 Å². The summed E-state index contributed by atoms with van der Waals surface area (Å²) in [6.07, 6.45) is -1.46. The third-order valence-electron chi connectivity index (χ3n) is 11.3. The normalized spacial score (nSPS) is 17.3. The Bertz CT molecular complexity index is 1850. The second-order valence-corrected chi connectivity index (χ2v) is 19.5. The molecule has 1 fully saturated rings. The van der Waals surface area contributed by atoms with Crippen molar-refractivity contribution in [1.82, 2.24) is 42.1 Å². The lowest BCUT2D eigenvalue weighted by Crippen LogP contribution is -2.62. The minimum atomic E-state index is -1.82. The number of nitrogens with two attached hydrogens (primary N) is 2. The minimum absolute atomic E-state index is 0.00451. The first kappa shape index (κ1) is 63.4. The van der Waals surface area contributed by atoms with E-state index in [1.54, 1.807) is 27.7 Å². The van der Waals surface area contributed by atoms with Crippen molar-refractivity contribution in [1.29, 1.82) is 0 Å². The van der Waals surface area contributed by atoms with Crippen LogP contribution in [0.1, 0.15) is 119 Å². The molecule has 0 spiro atoms. The number of aliphatic hydroxyl groups excluding tert-OH is 1. The molecular weight excluding hydrogens is 953 g/mol. The number of carboxylic acid groups (broad SMARTS) is 3. The number of nitrogens with zero attached hydrogens (tertiary/aromatic N) is 1. The minimum Gasteiger partial charge on any atom is -0.481 e. The van der Waals surface area contributed by atoms with Crippen LogP contribution in [0.5, 0.6) is 0 Å². The molecule has 25 nitrogen and oxygen atoms in total. The van der Waals surface area contributed by atoms with E-state index in [4.69, 9.17) is 11.5 Å². The van der Waals surface area contributed by atoms with Crippen LogP contribution in [0.15, 0.2) is 0 Å². The highest BCUT2D eigenvalue weighted by molar-refractivity contribution is 7.80. The van der Waals surface area contributed by atoms with E-state index in [-0.39, 0.29) is 50.0 Å². The Morgan fingerprint density at radius 3 is 1.61 bits per heavy atom. The third kappa shape index (κ3) is 23.0. The lowest BCUT2D eigenvalue weighted by Gasteiger charge is -2.31. The quantitative estimate of drug-likeness (QED) is 0.0243. The first-order valence-electron chi connectivity index (χ1n) is 24.0. The van der Waals surface area contributed by atoms with Crippen molar-refractivity contribution in [3.63, 3.8) is 0 Å². The van der Waals surface area contributed by atoms with Gasteiger partial charge in [0.1, 0.15) is 48.3 Å². The second-order valence-electron chi connectivity index (χ2n) is 19.1. The number of nitrogens with one attached hydrogen (secondary N) is 7. The van der Waals surface area contributed by atoms with Gasteiger partial charge in [0.25, 0.3) is 0 Å². The van der Waals surface area contributed by atoms with Crippen molar-refractivity contribution in [2.75, 3.05) is 18.8 Å². The van der Waals surface area contributed by atoms with Crippen LogP contribution in [0.3, 0.4) is 0 Å². The maximum absolute atomic E-state index is 14.0. The number of carbonyl (C=O) groups excluding carboxylic acids is 8. The zero-order valence-electron chi connectivity index (χ0n) is 41.7. The molecule has 10 unspecified atom stereocenters. The number of hydrogen-bond donors (Lipinski definition) is 14. The van der Waals surface area contributed by atoms with Gasteiger partial charge in [-0.25, -0.2) is 4.79 Å². The Hall–Kier alpha value is -5.60. The summed E-state index contributed by atoms with van der Waals surface area (Å²) < 4.78 is 0. The number of aliphatic hydroxyl groups is 1. The molecule has 26 heteroatoms. The Kier molecular flexibility index (Phi) is 28.3. The average Bonchev–Trinajstić information content (AvgIpc) is 3.77. The monoisotopic (exact) mass is 1030 g/mol. The molecule has 1 heterocycles. The largest absolute Gasteiger partial charge is 0.481 e. The number of aliphatic carboxylic acids is 3. The van der Waals surface area contributed by atoms with E-state index < -0.39 is 151 Å². The molecule has 0 bridgehead atoms. The summed E-state index contributed by atoms with van der Waals surface area (Å²) in [5, 5.41) is 56.0. The second kappa shape index (κ2) is 31.7. The van der Waals surface area contributed by atoms with Gasteiger partial charge in [-0.2, -0.15) is 12.6 Å². The number of carbonyl (C=O) groups is 11. The lowest BCUT2D eigenvalue weighted by molar-refractivity contribution is -0.144. The van der Waals surface area contributed by atoms with Crippen LogP contribution in [-0.4, -0.2) is 170 Å². The van der Waals surface area contributed by atoms with Crippen LogP contribution in [0.4, 0.5) is 0 Å². The van der Waals surface area contributed by atoms with E-state index in [1.807, 2.05) is 13.8 Å². The number of likely N-dealkylation sites (tertiary alicyclic amines) is 1. The number of carboxylic acids is 3. The van der Waals surface area contributed by atoms with Crippen molar-refractivity contribution in [3.8, 4) is 0 Å². The van der Waals surface area contributed by atoms with E-state index in [0.29, 0.717) is 32.2 Å². The molecule has 404 valence electrons. The van der Waals surface area contributed by atoms with E-state index >= 15 is 0 Å². The predicted octanol–water partition coefficient (Wildman–Crippen LogP) is -2.30. The van der Waals surface area contributed by atoms with Gasteiger partial charge in [-0.1, -0.05) is 48.0 Å². The maximum atomic E-state index is 14.0. The topological polar surface area (TPSA) is 408 Å². The number of hydrogen-bond acceptors (Lipinski definition) is 15. The summed E-state index contributed by atoms with van der Waals surface area (Å²) in [6, 6.07) is -12.7. The van der Waals surface area contributed by atoms with E-state index in [9.17, 15) is 73.2 Å². The first-order chi connectivity index (χ1) is 33.1. The number of rotatable bonds is 33. The molecular formula is C45H78N10O15S. The first-order valence-corrected chi connectivity index (χ1v) is 24.6. The smallest absolute Gasteiger partial charge is 0.326 e. The summed E-state index contributed by atoms with van der Waals surface area (Å²) in [5.74, 6) is -12.5. The molecule has 0 aromatic rings. The van der Waals surface area contributed by atoms with E-state index in [1.165, 1.54) is 4.90 Å². The van der Waals surface area contributed by atoms with Crippen LogP contribution in [-0.2, 0) is 52.7 Å². The molecule has 10 atom stereocenters. The molecule has 1 rings (SSSR count). The van der Waals surface area contributed by atoms with E-state index in [2.05, 4.69) is 49.8 Å². The molecule has 1 aliphatic rings. The molecule has 1 saturated heterocycles. The standard InChI is InChI=1S/C45H78N10O15S/c1-22(2)17-28(39(63)53-32(21-71)41(65)54-36(25(7)56)43(67)48-27(13-14-34(57)58)38(62)52-31(45(69)70)19-24(5)6)49-40(64)29(20-35(59)60)50-42(66)33-12-10-16-55(33)44(68)30(18-23(3)4)51-37(61)26(47)11-8-9-15-46/h22-33,36,56,71H,8-21,46-47H2,1-7H3,(H,48,67)(H,49,64)(H,50,66)(H,51,61)(H,52,62)(H,53,63)(H,54,65)(H,57,58)(H,59,60)(H,69,70). The Labute approximate surface area is 419 Å². The van der Waals surface area contributed by atoms with E-state index in [0.717, 1.165) is 6.92 Å². The Balaban J connectivity index is 3.29. The molecule has 0 radical (unpaired) electrons. The number of unbranched alkanes of at least 4 members (excludes halogenated alkanes) is 1. The van der Waals surface area contributed by atoms with Crippen molar-refractivity contribution in [2.45, 2.75) is 180 Å². The highest BCUT2D eigenvalue weighted by atomic mass is 32.1. The fraction of sp³-hybridized carbons (Fsp3) is 0.756. The molecule has 8 amide bonds. The van der Waals surface area contributed by atoms with Gasteiger partial charge in [0.2, 0.25) is 47.3 Å². The third-order valence-corrected chi connectivity index (χ3v) is 11.7. The molecule has 71 heavy (non-hydrogen) atoms. The van der Waals surface area contributed by atoms with Crippen molar-refractivity contribution >= 4 is 77.8 Å². The van der Waals surface area contributed by atoms with Crippen LogP contribution < -0.4 is 48.7 Å². The van der Waals surface area contributed by atoms with Crippen LogP contribution >= 0.6 is 12.6 Å². The summed E-state index contributed by atoms with van der Waals surface area (Å²) in [5.41, 5.74) is 11.6. The van der Waals surface area contributed by atoms with Crippen molar-refractivity contribution < 1.29 is 73.2 Å². The zero-order chi connectivity index (χ0) is 54.3. The van der Waals surface area contributed by atoms with Gasteiger partial charge < -0.3 is 74.0 Å². The summed E-state index contributed by atoms with van der Waals surface area (Å²) in [7, 11) is 0. The van der Waals surface area contributed by atoms with Gasteiger partial charge in [-0.05, 0) is 82.6 Å².